The maximum Gasteiger partial charge on any atom is 0.225 e. The molecule has 0 radical (unpaired) electrons. The van der Waals surface area contributed by atoms with Crippen LogP contribution in [0.15, 0.2) is 11.9 Å². The number of nitrogens with two attached hydrogens (primary N) is 1. The lowest BCUT2D eigenvalue weighted by Gasteiger charge is -2.05. The second kappa shape index (κ2) is 14.4. The van der Waals surface area contributed by atoms with Crippen molar-refractivity contribution < 1.29 is 4.79 Å². The van der Waals surface area contributed by atoms with E-state index >= 15 is 0 Å². The van der Waals surface area contributed by atoms with E-state index in [4.69, 9.17) is 5.73 Å². The van der Waals surface area contributed by atoms with Gasteiger partial charge in [0, 0.05) is 6.42 Å². The number of rotatable bonds is 13. The van der Waals surface area contributed by atoms with Crippen LogP contribution in [0, 0.1) is 0 Å². The third-order valence-electron chi connectivity index (χ3n) is 3.60. The number of carbonyl (C=O) groups excluding carboxylic acids is 1. The minimum atomic E-state index is 0.0384. The molecule has 0 saturated heterocycles. The lowest BCUT2D eigenvalue weighted by atomic mass is 10.1. The third kappa shape index (κ3) is 13.4. The number of allylic oxidation sites excluding steroid dienone is 1. The van der Waals surface area contributed by atoms with Gasteiger partial charge in [-0.2, -0.15) is 0 Å². The molecule has 0 aromatic heterocycles. The van der Waals surface area contributed by atoms with Crippen LogP contribution in [0.2, 0.25) is 0 Å². The molecule has 0 rings (SSSR count). The van der Waals surface area contributed by atoms with Crippen LogP contribution >= 0.6 is 0 Å². The molecule has 0 aliphatic carbocycles. The topological polar surface area (TPSA) is 55.1 Å². The van der Waals surface area contributed by atoms with E-state index in [-0.39, 0.29) is 5.91 Å². The quantitative estimate of drug-likeness (QED) is 0.484. The summed E-state index contributed by atoms with van der Waals surface area (Å²) in [5, 5.41) is 2.67. The van der Waals surface area contributed by atoms with Gasteiger partial charge in [-0.25, -0.2) is 0 Å². The Bertz CT molecular complexity index is 262. The van der Waals surface area contributed by atoms with Gasteiger partial charge in [0.2, 0.25) is 5.91 Å². The van der Waals surface area contributed by atoms with Crippen LogP contribution < -0.4 is 11.1 Å². The summed E-state index contributed by atoms with van der Waals surface area (Å²) in [4.78, 5) is 11.4. The first-order valence-electron chi connectivity index (χ1n) is 8.42. The highest BCUT2D eigenvalue weighted by Crippen LogP contribution is 2.11. The van der Waals surface area contributed by atoms with Crippen LogP contribution in [-0.2, 0) is 4.79 Å². The second-order valence-electron chi connectivity index (χ2n) is 5.58. The minimum Gasteiger partial charge on any atom is -0.385 e. The molecule has 0 aromatic rings. The van der Waals surface area contributed by atoms with Crippen LogP contribution in [0.3, 0.4) is 0 Å². The number of unbranched alkanes of at least 4 members (excludes halogenated alkanes) is 10. The fraction of sp³-hybridized carbons (Fsp3) is 0.824. The van der Waals surface area contributed by atoms with Crippen molar-refractivity contribution in [3.63, 3.8) is 0 Å². The van der Waals surface area contributed by atoms with Crippen molar-refractivity contribution in [3.05, 3.63) is 11.9 Å². The largest absolute Gasteiger partial charge is 0.385 e. The normalized spacial score (nSPS) is 11.6. The van der Waals surface area contributed by atoms with E-state index in [9.17, 15) is 4.79 Å². The van der Waals surface area contributed by atoms with E-state index in [0.717, 1.165) is 12.8 Å². The van der Waals surface area contributed by atoms with E-state index in [2.05, 4.69) is 12.2 Å². The Morgan fingerprint density at radius 2 is 1.35 bits per heavy atom. The average molecular weight is 282 g/mol. The first-order valence-corrected chi connectivity index (χ1v) is 8.42. The minimum absolute atomic E-state index is 0.0384. The van der Waals surface area contributed by atoms with E-state index in [1.165, 1.54) is 57.8 Å². The Morgan fingerprint density at radius 3 is 1.80 bits per heavy atom. The van der Waals surface area contributed by atoms with Gasteiger partial charge >= 0.3 is 0 Å². The summed E-state index contributed by atoms with van der Waals surface area (Å²) in [6, 6.07) is 0. The molecule has 0 atom stereocenters. The standard InChI is InChI=1S/C17H34N2O/c1-3-5-6-7-8-9-10-11-12-13-14-15-17(20)19-16(18)4-2/h4H,3,5-15,18H2,1-2H3,(H,19,20)/b16-4+. The van der Waals surface area contributed by atoms with Gasteiger partial charge in [-0.1, -0.05) is 71.1 Å². The summed E-state index contributed by atoms with van der Waals surface area (Å²) in [6.07, 6.45) is 16.6. The number of amides is 1. The summed E-state index contributed by atoms with van der Waals surface area (Å²) >= 11 is 0. The van der Waals surface area contributed by atoms with Crippen molar-refractivity contribution in [2.75, 3.05) is 0 Å². The van der Waals surface area contributed by atoms with Crippen molar-refractivity contribution in [2.45, 2.75) is 90.9 Å². The zero-order chi connectivity index (χ0) is 15.1. The first-order chi connectivity index (χ1) is 9.70. The van der Waals surface area contributed by atoms with E-state index in [1.54, 1.807) is 6.08 Å². The molecule has 3 N–H and O–H groups in total. The fourth-order valence-electron chi connectivity index (χ4n) is 2.25. The van der Waals surface area contributed by atoms with Gasteiger partial charge in [-0.15, -0.1) is 0 Å². The van der Waals surface area contributed by atoms with Gasteiger partial charge in [-0.05, 0) is 19.4 Å². The lowest BCUT2D eigenvalue weighted by Crippen LogP contribution is -2.26. The highest BCUT2D eigenvalue weighted by molar-refractivity contribution is 5.77. The molecular formula is C17H34N2O. The maximum absolute atomic E-state index is 11.4. The Morgan fingerprint density at radius 1 is 0.900 bits per heavy atom. The monoisotopic (exact) mass is 282 g/mol. The van der Waals surface area contributed by atoms with Crippen molar-refractivity contribution in [3.8, 4) is 0 Å². The second-order valence-corrected chi connectivity index (χ2v) is 5.58. The van der Waals surface area contributed by atoms with Crippen molar-refractivity contribution >= 4 is 5.91 Å². The third-order valence-corrected chi connectivity index (χ3v) is 3.60. The summed E-state index contributed by atoms with van der Waals surface area (Å²) in [5.74, 6) is 0.495. The zero-order valence-corrected chi connectivity index (χ0v) is 13.5. The molecule has 0 fully saturated rings. The van der Waals surface area contributed by atoms with E-state index in [1.807, 2.05) is 6.92 Å². The van der Waals surface area contributed by atoms with Crippen LogP contribution in [0.5, 0.6) is 0 Å². The van der Waals surface area contributed by atoms with Gasteiger partial charge in [0.25, 0.3) is 0 Å². The van der Waals surface area contributed by atoms with Gasteiger partial charge in [-0.3, -0.25) is 4.79 Å². The van der Waals surface area contributed by atoms with Crippen LogP contribution in [-0.4, -0.2) is 5.91 Å². The fourth-order valence-corrected chi connectivity index (χ4v) is 2.25. The molecule has 3 heteroatoms. The van der Waals surface area contributed by atoms with Crippen molar-refractivity contribution in [1.29, 1.82) is 0 Å². The molecule has 0 unspecified atom stereocenters. The van der Waals surface area contributed by atoms with Crippen molar-refractivity contribution in [1.82, 2.24) is 5.32 Å². The molecule has 0 aliphatic heterocycles. The molecule has 0 saturated carbocycles. The average Bonchev–Trinajstić information content (AvgIpc) is 2.44. The van der Waals surface area contributed by atoms with Crippen LogP contribution in [0.1, 0.15) is 90.9 Å². The predicted molar refractivity (Wildman–Crippen MR) is 87.2 cm³/mol. The molecule has 3 nitrogen and oxygen atoms in total. The van der Waals surface area contributed by atoms with E-state index < -0.39 is 0 Å². The van der Waals surface area contributed by atoms with Crippen LogP contribution in [0.25, 0.3) is 0 Å². The van der Waals surface area contributed by atoms with E-state index in [0.29, 0.717) is 12.2 Å². The highest BCUT2D eigenvalue weighted by atomic mass is 16.1. The Kier molecular flexibility index (Phi) is 13.7. The Labute approximate surface area is 125 Å². The molecule has 1 amide bonds. The summed E-state index contributed by atoms with van der Waals surface area (Å²) in [5.41, 5.74) is 5.53. The molecule has 0 heterocycles. The Hall–Kier alpha value is -0.990. The molecule has 0 spiro atoms. The number of hydrogen-bond donors (Lipinski definition) is 2. The summed E-state index contributed by atoms with van der Waals surface area (Å²) in [6.45, 7) is 4.07. The van der Waals surface area contributed by atoms with Gasteiger partial charge in [0.15, 0.2) is 0 Å². The molecule has 0 aromatic carbocycles. The lowest BCUT2D eigenvalue weighted by molar-refractivity contribution is -0.120. The molecule has 0 aliphatic rings. The summed E-state index contributed by atoms with van der Waals surface area (Å²) < 4.78 is 0. The Balaban J connectivity index is 3.18. The SMILES string of the molecule is C/C=C(\N)NC(=O)CCCCCCCCCCCCC. The van der Waals surface area contributed by atoms with Crippen LogP contribution in [0.4, 0.5) is 0 Å². The van der Waals surface area contributed by atoms with Gasteiger partial charge in [0.05, 0.1) is 5.82 Å². The molecule has 0 bridgehead atoms. The smallest absolute Gasteiger partial charge is 0.225 e. The number of nitrogens with one attached hydrogen (secondary N) is 1. The number of carbonyl (C=O) groups is 1. The van der Waals surface area contributed by atoms with Crippen molar-refractivity contribution in [2.24, 2.45) is 5.73 Å². The predicted octanol–water partition coefficient (Wildman–Crippen LogP) is 4.62. The summed E-state index contributed by atoms with van der Waals surface area (Å²) in [7, 11) is 0. The maximum atomic E-state index is 11.4. The molecular weight excluding hydrogens is 248 g/mol. The first kappa shape index (κ1) is 19.0. The molecule has 20 heavy (non-hydrogen) atoms. The van der Waals surface area contributed by atoms with Gasteiger partial charge in [0.1, 0.15) is 0 Å². The zero-order valence-electron chi connectivity index (χ0n) is 13.5. The van der Waals surface area contributed by atoms with Gasteiger partial charge < -0.3 is 11.1 Å². The molecule has 118 valence electrons. The highest BCUT2D eigenvalue weighted by Gasteiger charge is 2.01. The number of hydrogen-bond acceptors (Lipinski definition) is 2.